The van der Waals surface area contributed by atoms with Crippen LogP contribution >= 0.6 is 0 Å². The van der Waals surface area contributed by atoms with Crippen molar-refractivity contribution in [1.29, 1.82) is 5.26 Å². The van der Waals surface area contributed by atoms with Crippen LogP contribution in [0.2, 0.25) is 0 Å². The first-order valence-electron chi connectivity index (χ1n) is 6.70. The summed E-state index contributed by atoms with van der Waals surface area (Å²) in [4.78, 5) is 12.1. The molecule has 0 fully saturated rings. The Bertz CT molecular complexity index is 724. The molecule has 0 aliphatic carbocycles. The van der Waals surface area contributed by atoms with Crippen molar-refractivity contribution in [3.05, 3.63) is 53.5 Å². The molecule has 0 unspecified atom stereocenters. The number of nitrogens with zero attached hydrogens (tertiary/aromatic N) is 1. The van der Waals surface area contributed by atoms with Crippen LogP contribution in [0, 0.1) is 11.3 Å². The van der Waals surface area contributed by atoms with E-state index in [0.29, 0.717) is 23.7 Å². The number of ether oxygens (including phenoxy) is 2. The van der Waals surface area contributed by atoms with Gasteiger partial charge in [0, 0.05) is 0 Å². The van der Waals surface area contributed by atoms with Crippen LogP contribution in [0.3, 0.4) is 0 Å². The second-order valence-corrected chi connectivity index (χ2v) is 4.32. The van der Waals surface area contributed by atoms with Crippen LogP contribution in [0.4, 0.5) is 0 Å². The van der Waals surface area contributed by atoms with E-state index in [1.807, 2.05) is 13.0 Å². The monoisotopic (exact) mass is 297 g/mol. The Kier molecular flexibility index (Phi) is 4.99. The lowest BCUT2D eigenvalue weighted by atomic mass is 10.1. The van der Waals surface area contributed by atoms with Crippen LogP contribution in [0.25, 0.3) is 6.08 Å². The molecular weight excluding hydrogens is 282 g/mol. The van der Waals surface area contributed by atoms with Gasteiger partial charge in [-0.15, -0.1) is 0 Å². The molecule has 0 saturated carbocycles. The number of ketones is 1. The smallest absolute Gasteiger partial charge is 0.238 e. The van der Waals surface area contributed by atoms with Gasteiger partial charge in [0.25, 0.3) is 0 Å². The zero-order valence-electron chi connectivity index (χ0n) is 12.3. The van der Waals surface area contributed by atoms with E-state index in [0.717, 1.165) is 0 Å². The second kappa shape index (κ2) is 7.14. The first-order chi connectivity index (χ1) is 10.7. The number of nitriles is 1. The molecule has 2 aromatic rings. The second-order valence-electron chi connectivity index (χ2n) is 4.32. The maximum atomic E-state index is 12.1. The molecule has 2 rings (SSSR count). The molecule has 1 aromatic carbocycles. The molecule has 1 aromatic heterocycles. The van der Waals surface area contributed by atoms with Crippen LogP contribution in [-0.4, -0.2) is 19.5 Å². The van der Waals surface area contributed by atoms with E-state index in [4.69, 9.17) is 13.9 Å². The number of Topliss-reactive ketones (excluding diaryl/α,β-unsaturated/α-hetero) is 1. The molecule has 0 atom stereocenters. The molecule has 0 aliphatic heterocycles. The quantitative estimate of drug-likeness (QED) is 0.463. The highest BCUT2D eigenvalue weighted by Gasteiger charge is 2.15. The Morgan fingerprint density at radius 1 is 1.36 bits per heavy atom. The molecule has 112 valence electrons. The van der Waals surface area contributed by atoms with Gasteiger partial charge in [0.05, 0.1) is 20.0 Å². The van der Waals surface area contributed by atoms with E-state index in [9.17, 15) is 10.1 Å². The molecule has 0 N–H and O–H groups in total. The van der Waals surface area contributed by atoms with Crippen molar-refractivity contribution in [3.63, 3.8) is 0 Å². The number of methoxy groups -OCH3 is 1. The molecule has 0 radical (unpaired) electrons. The topological polar surface area (TPSA) is 72.5 Å². The standard InChI is InChI=1S/C17H15NO4/c1-3-21-16-10-12(6-7-14(16)20-2)9-13(11-18)17(19)15-5-4-8-22-15/h4-10H,3H2,1-2H3/b13-9+. The van der Waals surface area contributed by atoms with Gasteiger partial charge in [0.15, 0.2) is 17.3 Å². The van der Waals surface area contributed by atoms with Gasteiger partial charge in [-0.05, 0) is 42.8 Å². The van der Waals surface area contributed by atoms with Crippen molar-refractivity contribution >= 4 is 11.9 Å². The highest BCUT2D eigenvalue weighted by Crippen LogP contribution is 2.29. The summed E-state index contributed by atoms with van der Waals surface area (Å²) in [6.07, 6.45) is 2.88. The van der Waals surface area contributed by atoms with Crippen molar-refractivity contribution in [1.82, 2.24) is 0 Å². The Labute approximate surface area is 128 Å². The van der Waals surface area contributed by atoms with E-state index in [-0.39, 0.29) is 11.3 Å². The third-order valence-corrected chi connectivity index (χ3v) is 2.91. The van der Waals surface area contributed by atoms with E-state index < -0.39 is 5.78 Å². The largest absolute Gasteiger partial charge is 0.493 e. The normalized spacial score (nSPS) is 10.9. The average Bonchev–Trinajstić information content (AvgIpc) is 3.07. The van der Waals surface area contributed by atoms with E-state index >= 15 is 0 Å². The number of hydrogen-bond donors (Lipinski definition) is 0. The van der Waals surface area contributed by atoms with Gasteiger partial charge in [-0.3, -0.25) is 4.79 Å². The number of benzene rings is 1. The van der Waals surface area contributed by atoms with Crippen LogP contribution in [0.5, 0.6) is 11.5 Å². The summed E-state index contributed by atoms with van der Waals surface area (Å²) in [6.45, 7) is 2.35. The third kappa shape index (κ3) is 3.36. The maximum absolute atomic E-state index is 12.1. The van der Waals surface area contributed by atoms with E-state index in [1.165, 1.54) is 18.4 Å². The first-order valence-corrected chi connectivity index (χ1v) is 6.70. The summed E-state index contributed by atoms with van der Waals surface area (Å²) in [7, 11) is 1.55. The third-order valence-electron chi connectivity index (χ3n) is 2.91. The summed E-state index contributed by atoms with van der Waals surface area (Å²) in [5, 5.41) is 9.19. The lowest BCUT2D eigenvalue weighted by molar-refractivity contribution is 0.101. The molecule has 5 heteroatoms. The predicted molar refractivity (Wildman–Crippen MR) is 80.8 cm³/mol. The molecule has 0 aliphatic rings. The van der Waals surface area contributed by atoms with Crippen molar-refractivity contribution in [2.24, 2.45) is 0 Å². The summed E-state index contributed by atoms with van der Waals surface area (Å²) < 4.78 is 15.7. The number of carbonyl (C=O) groups is 1. The highest BCUT2D eigenvalue weighted by atomic mass is 16.5. The lowest BCUT2D eigenvalue weighted by Crippen LogP contribution is -2.00. The average molecular weight is 297 g/mol. The summed E-state index contributed by atoms with van der Waals surface area (Å²) in [6, 6.07) is 10.2. The van der Waals surface area contributed by atoms with Gasteiger partial charge in [-0.1, -0.05) is 6.07 Å². The van der Waals surface area contributed by atoms with E-state index in [1.54, 1.807) is 31.4 Å². The molecule has 0 spiro atoms. The number of carbonyl (C=O) groups excluding carboxylic acids is 1. The van der Waals surface area contributed by atoms with Crippen molar-refractivity contribution in [3.8, 4) is 17.6 Å². The minimum atomic E-state index is -0.457. The van der Waals surface area contributed by atoms with E-state index in [2.05, 4.69) is 0 Å². The Morgan fingerprint density at radius 2 is 2.18 bits per heavy atom. The summed E-state index contributed by atoms with van der Waals surface area (Å²) in [5.41, 5.74) is 0.656. The van der Waals surface area contributed by atoms with Gasteiger partial charge < -0.3 is 13.9 Å². The van der Waals surface area contributed by atoms with Crippen LogP contribution in [0.15, 0.2) is 46.6 Å². The van der Waals surface area contributed by atoms with Gasteiger partial charge >= 0.3 is 0 Å². The molecule has 0 amide bonds. The summed E-state index contributed by atoms with van der Waals surface area (Å²) in [5.74, 6) is 0.823. The molecule has 1 heterocycles. The Balaban J connectivity index is 2.36. The fraction of sp³-hybridized carbons (Fsp3) is 0.176. The molecule has 0 saturated heterocycles. The number of hydrogen-bond acceptors (Lipinski definition) is 5. The van der Waals surface area contributed by atoms with Gasteiger partial charge in [0.1, 0.15) is 11.6 Å². The fourth-order valence-corrected chi connectivity index (χ4v) is 1.91. The Hall–Kier alpha value is -3.00. The van der Waals surface area contributed by atoms with Gasteiger partial charge in [-0.25, -0.2) is 0 Å². The van der Waals surface area contributed by atoms with Crippen molar-refractivity contribution in [2.45, 2.75) is 6.92 Å². The molecular formula is C17H15NO4. The molecule has 22 heavy (non-hydrogen) atoms. The SMILES string of the molecule is CCOc1cc(/C=C(\C#N)C(=O)c2ccco2)ccc1OC. The zero-order valence-corrected chi connectivity index (χ0v) is 12.3. The number of allylic oxidation sites excluding steroid dienone is 1. The maximum Gasteiger partial charge on any atom is 0.238 e. The fourth-order valence-electron chi connectivity index (χ4n) is 1.91. The summed E-state index contributed by atoms with van der Waals surface area (Å²) >= 11 is 0. The van der Waals surface area contributed by atoms with Crippen molar-refractivity contribution in [2.75, 3.05) is 13.7 Å². The Morgan fingerprint density at radius 3 is 2.77 bits per heavy atom. The highest BCUT2D eigenvalue weighted by molar-refractivity contribution is 6.12. The molecule has 5 nitrogen and oxygen atoms in total. The van der Waals surface area contributed by atoms with Crippen LogP contribution in [-0.2, 0) is 0 Å². The van der Waals surface area contributed by atoms with Crippen LogP contribution < -0.4 is 9.47 Å². The van der Waals surface area contributed by atoms with Crippen LogP contribution in [0.1, 0.15) is 23.0 Å². The lowest BCUT2D eigenvalue weighted by Gasteiger charge is -2.09. The zero-order chi connectivity index (χ0) is 15.9. The first kappa shape index (κ1) is 15.4. The van der Waals surface area contributed by atoms with Gasteiger partial charge in [0.2, 0.25) is 5.78 Å². The molecule has 0 bridgehead atoms. The number of rotatable bonds is 6. The minimum absolute atomic E-state index is 0.0115. The van der Waals surface area contributed by atoms with Gasteiger partial charge in [-0.2, -0.15) is 5.26 Å². The minimum Gasteiger partial charge on any atom is -0.493 e. The van der Waals surface area contributed by atoms with Crippen molar-refractivity contribution < 1.29 is 18.7 Å². The number of furan rings is 1. The predicted octanol–water partition coefficient (Wildman–Crippen LogP) is 3.48.